The highest BCUT2D eigenvalue weighted by Crippen LogP contribution is 2.21. The van der Waals surface area contributed by atoms with E-state index in [4.69, 9.17) is 4.52 Å². The summed E-state index contributed by atoms with van der Waals surface area (Å²) < 4.78 is 5.09. The predicted octanol–water partition coefficient (Wildman–Crippen LogP) is 1.59. The molecule has 0 aliphatic carbocycles. The summed E-state index contributed by atoms with van der Waals surface area (Å²) in [6.07, 6.45) is -0.569. The summed E-state index contributed by atoms with van der Waals surface area (Å²) in [4.78, 5) is 16.5. The van der Waals surface area contributed by atoms with Crippen LogP contribution in [0.25, 0.3) is 11.1 Å². The molecule has 1 amide bonds. The summed E-state index contributed by atoms with van der Waals surface area (Å²) in [6.45, 7) is 7.56. The van der Waals surface area contributed by atoms with Crippen LogP contribution < -0.4 is 5.32 Å². The molecular weight excluding hydrogens is 258 g/mol. The van der Waals surface area contributed by atoms with Crippen LogP contribution in [0.2, 0.25) is 0 Å². The Morgan fingerprint density at radius 2 is 2.15 bits per heavy atom. The molecule has 0 aromatic carbocycles. The van der Waals surface area contributed by atoms with Gasteiger partial charge in [-0.15, -0.1) is 0 Å². The minimum Gasteiger partial charge on any atom is -0.391 e. The highest BCUT2D eigenvalue weighted by atomic mass is 16.5. The first-order valence-corrected chi connectivity index (χ1v) is 6.60. The number of aliphatic hydroxyl groups excluding tert-OH is 1. The second-order valence-corrected chi connectivity index (χ2v) is 5.28. The highest BCUT2D eigenvalue weighted by Gasteiger charge is 2.18. The van der Waals surface area contributed by atoms with Gasteiger partial charge in [0.2, 0.25) is 0 Å². The zero-order valence-corrected chi connectivity index (χ0v) is 12.1. The Morgan fingerprint density at radius 3 is 2.80 bits per heavy atom. The summed E-state index contributed by atoms with van der Waals surface area (Å²) in [6, 6.07) is 1.70. The van der Waals surface area contributed by atoms with Crippen molar-refractivity contribution in [1.82, 2.24) is 15.5 Å². The summed E-state index contributed by atoms with van der Waals surface area (Å²) in [5.74, 6) is -0.168. The average Bonchev–Trinajstić information content (AvgIpc) is 2.75. The van der Waals surface area contributed by atoms with Crippen LogP contribution in [0.4, 0.5) is 0 Å². The number of aromatic nitrogens is 2. The molecule has 2 aromatic heterocycles. The van der Waals surface area contributed by atoms with Gasteiger partial charge in [0.05, 0.1) is 22.7 Å². The van der Waals surface area contributed by atoms with Gasteiger partial charge in [0, 0.05) is 12.2 Å². The van der Waals surface area contributed by atoms with Crippen molar-refractivity contribution < 1.29 is 14.4 Å². The van der Waals surface area contributed by atoms with Crippen LogP contribution in [0.1, 0.15) is 35.6 Å². The molecule has 1 unspecified atom stereocenters. The van der Waals surface area contributed by atoms with Crippen molar-refractivity contribution in [2.45, 2.75) is 33.8 Å². The number of amides is 1. The molecule has 6 nitrogen and oxygen atoms in total. The number of aryl methyl sites for hydroxylation is 2. The number of nitrogens with zero attached hydrogens (tertiary/aromatic N) is 2. The summed E-state index contributed by atoms with van der Waals surface area (Å²) >= 11 is 0. The molecule has 2 aromatic rings. The van der Waals surface area contributed by atoms with E-state index in [-0.39, 0.29) is 18.4 Å². The van der Waals surface area contributed by atoms with Crippen molar-refractivity contribution in [2.24, 2.45) is 5.92 Å². The van der Waals surface area contributed by atoms with Gasteiger partial charge in [0.15, 0.2) is 0 Å². The van der Waals surface area contributed by atoms with Crippen molar-refractivity contribution in [1.29, 1.82) is 0 Å². The van der Waals surface area contributed by atoms with E-state index in [1.807, 2.05) is 13.8 Å². The third-order valence-corrected chi connectivity index (χ3v) is 3.23. The van der Waals surface area contributed by atoms with Crippen molar-refractivity contribution >= 4 is 17.0 Å². The Balaban J connectivity index is 2.28. The van der Waals surface area contributed by atoms with Gasteiger partial charge in [-0.05, 0) is 25.8 Å². The van der Waals surface area contributed by atoms with Crippen molar-refractivity contribution in [3.8, 4) is 0 Å². The molecule has 0 saturated heterocycles. The van der Waals surface area contributed by atoms with E-state index >= 15 is 0 Å². The first-order valence-electron chi connectivity index (χ1n) is 6.60. The number of fused-ring (bicyclic) bond motifs is 1. The average molecular weight is 277 g/mol. The van der Waals surface area contributed by atoms with Crippen molar-refractivity contribution in [3.63, 3.8) is 0 Å². The predicted molar refractivity (Wildman–Crippen MR) is 74.5 cm³/mol. The van der Waals surface area contributed by atoms with E-state index < -0.39 is 6.10 Å². The number of pyridine rings is 1. The lowest BCUT2D eigenvalue weighted by atomic mass is 10.1. The fourth-order valence-corrected chi connectivity index (χ4v) is 1.92. The van der Waals surface area contributed by atoms with Crippen LogP contribution >= 0.6 is 0 Å². The molecular formula is C14H19N3O3. The van der Waals surface area contributed by atoms with E-state index in [1.54, 1.807) is 19.9 Å². The van der Waals surface area contributed by atoms with Crippen LogP contribution in [0, 0.1) is 19.8 Å². The summed E-state index contributed by atoms with van der Waals surface area (Å²) in [5.41, 5.74) is 2.14. The minimum atomic E-state index is -0.569. The third-order valence-electron chi connectivity index (χ3n) is 3.23. The monoisotopic (exact) mass is 277 g/mol. The smallest absolute Gasteiger partial charge is 0.258 e. The van der Waals surface area contributed by atoms with Gasteiger partial charge in [-0.1, -0.05) is 19.0 Å². The van der Waals surface area contributed by atoms with E-state index in [9.17, 15) is 9.90 Å². The fraction of sp³-hybridized carbons (Fsp3) is 0.500. The first-order chi connectivity index (χ1) is 9.40. The molecule has 0 aliphatic rings. The molecule has 20 heavy (non-hydrogen) atoms. The molecule has 6 heteroatoms. The number of hydrogen-bond donors (Lipinski definition) is 2. The van der Waals surface area contributed by atoms with Crippen LogP contribution in [-0.2, 0) is 0 Å². The van der Waals surface area contributed by atoms with Crippen molar-refractivity contribution in [2.75, 3.05) is 6.54 Å². The van der Waals surface area contributed by atoms with Crippen LogP contribution in [0.15, 0.2) is 10.6 Å². The molecule has 1 atom stereocenters. The SMILES string of the molecule is Cc1cc(C(=O)NCC(O)C(C)C)c2c(C)noc2n1. The number of rotatable bonds is 4. The molecule has 0 aliphatic heterocycles. The number of nitrogens with one attached hydrogen (secondary N) is 1. The van der Waals surface area contributed by atoms with Crippen LogP contribution in [0.3, 0.4) is 0 Å². The molecule has 2 rings (SSSR count). The zero-order valence-electron chi connectivity index (χ0n) is 12.1. The lowest BCUT2D eigenvalue weighted by Crippen LogP contribution is -2.34. The largest absolute Gasteiger partial charge is 0.391 e. The van der Waals surface area contributed by atoms with E-state index in [2.05, 4.69) is 15.5 Å². The number of aliphatic hydroxyl groups is 1. The zero-order chi connectivity index (χ0) is 14.9. The Morgan fingerprint density at radius 1 is 1.45 bits per heavy atom. The fourth-order valence-electron chi connectivity index (χ4n) is 1.92. The first kappa shape index (κ1) is 14.5. The molecule has 0 fully saturated rings. The van der Waals surface area contributed by atoms with E-state index in [1.165, 1.54) is 0 Å². The lowest BCUT2D eigenvalue weighted by Gasteiger charge is -2.15. The summed E-state index contributed by atoms with van der Waals surface area (Å²) in [7, 11) is 0. The molecule has 0 spiro atoms. The van der Waals surface area contributed by atoms with Crippen molar-refractivity contribution in [3.05, 3.63) is 23.0 Å². The van der Waals surface area contributed by atoms with Gasteiger partial charge in [0.1, 0.15) is 0 Å². The maximum Gasteiger partial charge on any atom is 0.258 e. The van der Waals surface area contributed by atoms with Gasteiger partial charge in [-0.25, -0.2) is 4.98 Å². The van der Waals surface area contributed by atoms with Gasteiger partial charge < -0.3 is 14.9 Å². The molecule has 0 saturated carbocycles. The van der Waals surface area contributed by atoms with Gasteiger partial charge in [-0.2, -0.15) is 0 Å². The second kappa shape index (κ2) is 5.58. The standard InChI is InChI=1S/C14H19N3O3/c1-7(2)11(18)6-15-13(19)10-5-8(3)16-14-12(10)9(4)17-20-14/h5,7,11,18H,6H2,1-4H3,(H,15,19). The van der Waals surface area contributed by atoms with Gasteiger partial charge in [0.25, 0.3) is 11.6 Å². The van der Waals surface area contributed by atoms with Gasteiger partial charge in [-0.3, -0.25) is 4.79 Å². The van der Waals surface area contributed by atoms with E-state index in [0.29, 0.717) is 28.1 Å². The summed E-state index contributed by atoms with van der Waals surface area (Å²) in [5, 5.41) is 16.9. The van der Waals surface area contributed by atoms with Crippen LogP contribution in [-0.4, -0.2) is 33.8 Å². The maximum atomic E-state index is 12.3. The molecule has 0 radical (unpaired) electrons. The Bertz CT molecular complexity index is 634. The normalized spacial score (nSPS) is 12.9. The quantitative estimate of drug-likeness (QED) is 0.886. The Labute approximate surface area is 117 Å². The number of hydrogen-bond acceptors (Lipinski definition) is 5. The molecule has 0 bridgehead atoms. The minimum absolute atomic E-state index is 0.0897. The van der Waals surface area contributed by atoms with E-state index in [0.717, 1.165) is 0 Å². The molecule has 2 N–H and O–H groups in total. The lowest BCUT2D eigenvalue weighted by molar-refractivity contribution is 0.0873. The third kappa shape index (κ3) is 2.80. The molecule has 2 heterocycles. The Kier molecular flexibility index (Phi) is 4.04. The second-order valence-electron chi connectivity index (χ2n) is 5.28. The maximum absolute atomic E-state index is 12.3. The van der Waals surface area contributed by atoms with Gasteiger partial charge >= 0.3 is 0 Å². The number of carbonyl (C=O) groups is 1. The number of carbonyl (C=O) groups excluding carboxylic acids is 1. The molecule has 108 valence electrons. The topological polar surface area (TPSA) is 88.2 Å². The Hall–Kier alpha value is -1.95. The highest BCUT2D eigenvalue weighted by molar-refractivity contribution is 6.06. The van der Waals surface area contributed by atoms with Crippen LogP contribution in [0.5, 0.6) is 0 Å².